The van der Waals surface area contributed by atoms with Crippen LogP contribution >= 0.6 is 0 Å². The van der Waals surface area contributed by atoms with E-state index >= 15 is 0 Å². The smallest absolute Gasteiger partial charge is 0.319 e. The maximum absolute atomic E-state index is 11.6. The number of allylic oxidation sites excluding steroid dienone is 2. The van der Waals surface area contributed by atoms with Gasteiger partial charge in [-0.3, -0.25) is 5.10 Å². The quantitative estimate of drug-likeness (QED) is 0.469. The van der Waals surface area contributed by atoms with E-state index in [1.54, 1.807) is 6.20 Å². The number of piperidine rings is 1. The molecule has 2 aromatic heterocycles. The van der Waals surface area contributed by atoms with Crippen LogP contribution in [0.5, 0.6) is 0 Å². The van der Waals surface area contributed by atoms with Gasteiger partial charge >= 0.3 is 6.03 Å². The van der Waals surface area contributed by atoms with Gasteiger partial charge in [-0.05, 0) is 62.2 Å². The maximum Gasteiger partial charge on any atom is 0.319 e. The van der Waals surface area contributed by atoms with Crippen molar-refractivity contribution in [3.8, 4) is 0 Å². The third-order valence-electron chi connectivity index (χ3n) is 6.43. The molecule has 10 heteroatoms. The van der Waals surface area contributed by atoms with E-state index in [1.165, 1.54) is 0 Å². The van der Waals surface area contributed by atoms with Gasteiger partial charge in [0.2, 0.25) is 0 Å². The molecule has 1 aliphatic carbocycles. The molecule has 1 unspecified atom stereocenters. The van der Waals surface area contributed by atoms with Crippen LogP contribution in [-0.2, 0) is 0 Å². The van der Waals surface area contributed by atoms with Crippen molar-refractivity contribution >= 4 is 40.1 Å². The number of benzene rings is 1. The zero-order valence-electron chi connectivity index (χ0n) is 18.5. The Morgan fingerprint density at radius 1 is 1.18 bits per heavy atom. The van der Waals surface area contributed by atoms with E-state index in [2.05, 4.69) is 47.1 Å². The Morgan fingerprint density at radius 2 is 2.09 bits per heavy atom. The van der Waals surface area contributed by atoms with Crippen LogP contribution in [0.3, 0.4) is 0 Å². The van der Waals surface area contributed by atoms with Crippen molar-refractivity contribution in [2.45, 2.75) is 18.9 Å². The number of carbonyl (C=O) groups excluding carboxylic acids is 1. The first-order valence-corrected chi connectivity index (χ1v) is 11.5. The lowest BCUT2D eigenvalue weighted by molar-refractivity contribution is 0.248. The summed E-state index contributed by atoms with van der Waals surface area (Å²) in [6, 6.07) is 7.76. The second-order valence-electron chi connectivity index (χ2n) is 8.70. The summed E-state index contributed by atoms with van der Waals surface area (Å²) in [4.78, 5) is 27.7. The largest absolute Gasteiger partial charge is 0.326 e. The molecule has 1 atom stereocenters. The van der Waals surface area contributed by atoms with Crippen LogP contribution in [0.1, 0.15) is 12.8 Å². The molecule has 3 aromatic rings. The molecule has 3 aliphatic rings. The number of amides is 2. The number of rotatable bonds is 5. The molecular formula is C24H25N9O. The molecule has 2 fully saturated rings. The number of aromatic nitrogens is 4. The highest BCUT2D eigenvalue weighted by Gasteiger charge is 2.26. The number of anilines is 2. The maximum atomic E-state index is 11.6. The van der Waals surface area contributed by atoms with E-state index in [-0.39, 0.29) is 12.1 Å². The molecule has 10 nitrogen and oxygen atoms in total. The average molecular weight is 456 g/mol. The first kappa shape index (κ1) is 20.5. The molecule has 2 saturated heterocycles. The molecule has 0 radical (unpaired) electrons. The fourth-order valence-corrected chi connectivity index (χ4v) is 4.70. The Kier molecular flexibility index (Phi) is 5.27. The minimum atomic E-state index is -0.206. The number of fused-ring (bicyclic) bond motifs is 2. The number of carbonyl (C=O) groups is 1. The Labute approximate surface area is 196 Å². The molecule has 0 bridgehead atoms. The Balaban J connectivity index is 1.35. The summed E-state index contributed by atoms with van der Waals surface area (Å²) in [6.45, 7) is 2.91. The zero-order valence-corrected chi connectivity index (χ0v) is 18.5. The van der Waals surface area contributed by atoms with Gasteiger partial charge in [-0.1, -0.05) is 12.1 Å². The molecule has 4 N–H and O–H groups in total. The molecule has 1 aromatic carbocycles. The molecule has 172 valence electrons. The Hall–Kier alpha value is -4.05. The van der Waals surface area contributed by atoms with E-state index in [9.17, 15) is 4.79 Å². The van der Waals surface area contributed by atoms with Crippen molar-refractivity contribution in [1.82, 2.24) is 36.1 Å². The molecule has 4 heterocycles. The molecule has 2 amide bonds. The zero-order chi connectivity index (χ0) is 22.9. The SMILES string of the molecule is O=C1NC2=C/C(=N/c3nccc(N(CC4CCNCC4)c4cccc5[nH]ncc45)n3)C=CC2N1. The van der Waals surface area contributed by atoms with Gasteiger partial charge in [-0.2, -0.15) is 10.1 Å². The van der Waals surface area contributed by atoms with Crippen molar-refractivity contribution in [2.24, 2.45) is 10.9 Å². The van der Waals surface area contributed by atoms with Crippen LogP contribution in [0.2, 0.25) is 0 Å². The Morgan fingerprint density at radius 3 is 3.00 bits per heavy atom. The summed E-state index contributed by atoms with van der Waals surface area (Å²) < 4.78 is 0. The highest BCUT2D eigenvalue weighted by atomic mass is 16.2. The van der Waals surface area contributed by atoms with Gasteiger partial charge in [0.05, 0.1) is 29.2 Å². The van der Waals surface area contributed by atoms with Gasteiger partial charge in [0.15, 0.2) is 0 Å². The summed E-state index contributed by atoms with van der Waals surface area (Å²) in [6.07, 6.45) is 11.5. The van der Waals surface area contributed by atoms with Crippen LogP contribution in [0.4, 0.5) is 22.2 Å². The number of aliphatic imine (C=N–C) groups is 1. The second kappa shape index (κ2) is 8.71. The first-order chi connectivity index (χ1) is 16.7. The van der Waals surface area contributed by atoms with Gasteiger partial charge in [-0.25, -0.2) is 14.8 Å². The lowest BCUT2D eigenvalue weighted by Gasteiger charge is -2.31. The van der Waals surface area contributed by atoms with Crippen LogP contribution in [-0.4, -0.2) is 57.6 Å². The number of urea groups is 1. The molecule has 34 heavy (non-hydrogen) atoms. The van der Waals surface area contributed by atoms with Crippen LogP contribution in [0.15, 0.2) is 65.6 Å². The van der Waals surface area contributed by atoms with Crippen molar-refractivity contribution in [3.05, 3.63) is 60.6 Å². The third kappa shape index (κ3) is 4.03. The predicted octanol–water partition coefficient (Wildman–Crippen LogP) is 2.70. The fraction of sp³-hybridized carbons (Fsp3) is 0.292. The van der Waals surface area contributed by atoms with Gasteiger partial charge in [0, 0.05) is 23.8 Å². The number of nitrogens with one attached hydrogen (secondary N) is 4. The molecule has 0 spiro atoms. The van der Waals surface area contributed by atoms with Gasteiger partial charge in [0.25, 0.3) is 5.95 Å². The summed E-state index contributed by atoms with van der Waals surface area (Å²) >= 11 is 0. The molecular weight excluding hydrogens is 430 g/mol. The van der Waals surface area contributed by atoms with E-state index in [0.29, 0.717) is 17.6 Å². The van der Waals surface area contributed by atoms with Crippen molar-refractivity contribution in [2.75, 3.05) is 24.5 Å². The topological polar surface area (TPSA) is 123 Å². The minimum absolute atomic E-state index is 0.130. The Bertz CT molecular complexity index is 1320. The number of nitrogens with zero attached hydrogens (tertiary/aromatic N) is 5. The number of aromatic amines is 1. The van der Waals surface area contributed by atoms with Crippen molar-refractivity contribution in [3.63, 3.8) is 0 Å². The average Bonchev–Trinajstić information content (AvgIpc) is 3.49. The van der Waals surface area contributed by atoms with Crippen LogP contribution < -0.4 is 20.9 Å². The summed E-state index contributed by atoms with van der Waals surface area (Å²) in [7, 11) is 0. The second-order valence-corrected chi connectivity index (χ2v) is 8.70. The summed E-state index contributed by atoms with van der Waals surface area (Å²) in [5.74, 6) is 1.72. The van der Waals surface area contributed by atoms with Gasteiger partial charge in [0.1, 0.15) is 5.82 Å². The van der Waals surface area contributed by atoms with E-state index in [4.69, 9.17) is 4.98 Å². The van der Waals surface area contributed by atoms with Crippen LogP contribution in [0.25, 0.3) is 10.9 Å². The normalized spacial score (nSPS) is 21.3. The number of hydrogen-bond donors (Lipinski definition) is 4. The fourth-order valence-electron chi connectivity index (χ4n) is 4.70. The minimum Gasteiger partial charge on any atom is -0.326 e. The third-order valence-corrected chi connectivity index (χ3v) is 6.43. The van der Waals surface area contributed by atoms with Crippen LogP contribution in [0, 0.1) is 5.92 Å². The van der Waals surface area contributed by atoms with E-state index in [0.717, 1.165) is 60.6 Å². The van der Waals surface area contributed by atoms with Gasteiger partial charge < -0.3 is 20.9 Å². The molecule has 2 aliphatic heterocycles. The van der Waals surface area contributed by atoms with Gasteiger partial charge in [-0.15, -0.1) is 0 Å². The first-order valence-electron chi connectivity index (χ1n) is 11.5. The number of hydrogen-bond acceptors (Lipinski definition) is 7. The van der Waals surface area contributed by atoms with E-state index in [1.807, 2.05) is 42.6 Å². The summed E-state index contributed by atoms with van der Waals surface area (Å²) in [5, 5.41) is 17.4. The lowest BCUT2D eigenvalue weighted by Crippen LogP contribution is -2.34. The highest BCUT2D eigenvalue weighted by Crippen LogP contribution is 2.33. The molecule has 0 saturated carbocycles. The number of H-pyrrole nitrogens is 1. The van der Waals surface area contributed by atoms with Crippen molar-refractivity contribution in [1.29, 1.82) is 0 Å². The van der Waals surface area contributed by atoms with Crippen molar-refractivity contribution < 1.29 is 4.79 Å². The molecule has 6 rings (SSSR count). The predicted molar refractivity (Wildman–Crippen MR) is 130 cm³/mol. The standard InChI is InChI=1S/C24H25N9O/c34-24-29-19-5-4-16(12-20(19)30-24)28-23-26-11-8-22(31-23)33(14-15-6-9-25-10-7-15)21-3-1-2-18-17(21)13-27-32-18/h1-5,8,11-13,15,19,25H,6-7,9-10,14H2,(H,27,32)(H2,29,30,34)/b28-16+. The van der Waals surface area contributed by atoms with E-state index < -0.39 is 0 Å². The lowest BCUT2D eigenvalue weighted by atomic mass is 9.97. The summed E-state index contributed by atoms with van der Waals surface area (Å²) in [5.41, 5.74) is 3.52. The highest BCUT2D eigenvalue weighted by molar-refractivity contribution is 6.07. The monoisotopic (exact) mass is 455 g/mol.